The molecule has 0 aromatic rings. The average molecular weight is 233 g/mol. The third-order valence-electron chi connectivity index (χ3n) is 1.88. The van der Waals surface area contributed by atoms with E-state index < -0.39 is 5.97 Å². The van der Waals surface area contributed by atoms with Gasteiger partial charge in [0.1, 0.15) is 0 Å². The van der Waals surface area contributed by atoms with Crippen molar-refractivity contribution in [1.82, 2.24) is 4.90 Å². The molecule has 5 heteroatoms. The third kappa shape index (κ3) is 8.30. The summed E-state index contributed by atoms with van der Waals surface area (Å²) in [5.41, 5.74) is 0. The highest BCUT2D eigenvalue weighted by molar-refractivity contribution is 7.99. The van der Waals surface area contributed by atoms with E-state index in [4.69, 9.17) is 5.11 Å². The van der Waals surface area contributed by atoms with Crippen molar-refractivity contribution in [3.8, 4) is 0 Å². The lowest BCUT2D eigenvalue weighted by Crippen LogP contribution is -2.29. The molecule has 88 valence electrons. The largest absolute Gasteiger partial charge is 0.481 e. The standard InChI is InChI=1S/C10H19NO3S/c1-3-7-15-8-9(12)11(2)6-4-5-10(13)14/h3-8H2,1-2H3,(H,13,14). The zero-order valence-corrected chi connectivity index (χ0v) is 10.2. The van der Waals surface area contributed by atoms with Crippen LogP contribution < -0.4 is 0 Å². The average Bonchev–Trinajstić information content (AvgIpc) is 2.17. The smallest absolute Gasteiger partial charge is 0.303 e. The van der Waals surface area contributed by atoms with E-state index in [1.807, 2.05) is 0 Å². The molecule has 0 aliphatic rings. The number of aliphatic carboxylic acids is 1. The molecule has 0 radical (unpaired) electrons. The fourth-order valence-electron chi connectivity index (χ4n) is 1.01. The molecule has 0 bridgehead atoms. The van der Waals surface area contributed by atoms with Crippen molar-refractivity contribution in [1.29, 1.82) is 0 Å². The highest BCUT2D eigenvalue weighted by atomic mass is 32.2. The van der Waals surface area contributed by atoms with E-state index in [0.717, 1.165) is 12.2 Å². The van der Waals surface area contributed by atoms with Gasteiger partial charge in [-0.2, -0.15) is 11.8 Å². The monoisotopic (exact) mass is 233 g/mol. The van der Waals surface area contributed by atoms with Crippen LogP contribution >= 0.6 is 11.8 Å². The van der Waals surface area contributed by atoms with Crippen molar-refractivity contribution >= 4 is 23.6 Å². The van der Waals surface area contributed by atoms with Crippen LogP contribution in [0.4, 0.5) is 0 Å². The Kier molecular flexibility index (Phi) is 8.18. The van der Waals surface area contributed by atoms with Gasteiger partial charge in [0, 0.05) is 20.0 Å². The number of carbonyl (C=O) groups excluding carboxylic acids is 1. The molecule has 0 aromatic carbocycles. The van der Waals surface area contributed by atoms with Crippen molar-refractivity contribution in [2.24, 2.45) is 0 Å². The van der Waals surface area contributed by atoms with E-state index in [-0.39, 0.29) is 12.3 Å². The number of carboxylic acids is 1. The predicted molar refractivity (Wildman–Crippen MR) is 62.1 cm³/mol. The molecule has 0 aliphatic heterocycles. The van der Waals surface area contributed by atoms with Crippen LogP contribution in [0.5, 0.6) is 0 Å². The van der Waals surface area contributed by atoms with Crippen molar-refractivity contribution in [2.75, 3.05) is 25.1 Å². The molecule has 0 aromatic heterocycles. The number of hydrogen-bond donors (Lipinski definition) is 1. The summed E-state index contributed by atoms with van der Waals surface area (Å²) in [7, 11) is 1.72. The second kappa shape index (κ2) is 8.59. The Morgan fingerprint density at radius 1 is 1.40 bits per heavy atom. The van der Waals surface area contributed by atoms with Gasteiger partial charge in [0.2, 0.25) is 5.91 Å². The summed E-state index contributed by atoms with van der Waals surface area (Å²) in [6.45, 7) is 2.60. The quantitative estimate of drug-likeness (QED) is 0.645. The van der Waals surface area contributed by atoms with E-state index in [0.29, 0.717) is 18.7 Å². The van der Waals surface area contributed by atoms with Crippen LogP contribution in [0.1, 0.15) is 26.2 Å². The maximum absolute atomic E-state index is 11.5. The second-order valence-corrected chi connectivity index (χ2v) is 4.47. The van der Waals surface area contributed by atoms with Crippen molar-refractivity contribution in [3.05, 3.63) is 0 Å². The lowest BCUT2D eigenvalue weighted by atomic mass is 10.3. The van der Waals surface area contributed by atoms with Gasteiger partial charge in [0.05, 0.1) is 5.75 Å². The zero-order chi connectivity index (χ0) is 11.7. The number of carbonyl (C=O) groups is 2. The highest BCUT2D eigenvalue weighted by Gasteiger charge is 2.08. The van der Waals surface area contributed by atoms with Crippen LogP contribution in [0.2, 0.25) is 0 Å². The molecule has 4 nitrogen and oxygen atoms in total. The maximum atomic E-state index is 11.5. The molecule has 0 unspecified atom stereocenters. The van der Waals surface area contributed by atoms with Crippen molar-refractivity contribution < 1.29 is 14.7 Å². The van der Waals surface area contributed by atoms with Crippen molar-refractivity contribution in [2.45, 2.75) is 26.2 Å². The first-order chi connectivity index (χ1) is 7.07. The van der Waals surface area contributed by atoms with E-state index in [9.17, 15) is 9.59 Å². The molecule has 15 heavy (non-hydrogen) atoms. The van der Waals surface area contributed by atoms with E-state index in [1.54, 1.807) is 23.7 Å². The molecule has 0 saturated carbocycles. The van der Waals surface area contributed by atoms with Gasteiger partial charge in [-0.15, -0.1) is 0 Å². The van der Waals surface area contributed by atoms with Crippen molar-refractivity contribution in [3.63, 3.8) is 0 Å². The third-order valence-corrected chi connectivity index (χ3v) is 3.03. The summed E-state index contributed by atoms with van der Waals surface area (Å²) in [4.78, 5) is 23.3. The van der Waals surface area contributed by atoms with Gasteiger partial charge in [0.15, 0.2) is 0 Å². The van der Waals surface area contributed by atoms with Gasteiger partial charge in [-0.1, -0.05) is 6.92 Å². The zero-order valence-electron chi connectivity index (χ0n) is 9.36. The normalized spacial score (nSPS) is 10.0. The van der Waals surface area contributed by atoms with Crippen LogP contribution in [0.25, 0.3) is 0 Å². The summed E-state index contributed by atoms with van der Waals surface area (Å²) in [6, 6.07) is 0. The Balaban J connectivity index is 3.55. The van der Waals surface area contributed by atoms with Crippen LogP contribution in [0.15, 0.2) is 0 Å². The number of nitrogens with zero attached hydrogens (tertiary/aromatic N) is 1. The Morgan fingerprint density at radius 2 is 2.07 bits per heavy atom. The molecule has 0 rings (SSSR count). The fourth-order valence-corrected chi connectivity index (χ4v) is 1.83. The van der Waals surface area contributed by atoms with Gasteiger partial charge in [-0.3, -0.25) is 9.59 Å². The lowest BCUT2D eigenvalue weighted by Gasteiger charge is -2.16. The Morgan fingerprint density at radius 3 is 2.60 bits per heavy atom. The molecule has 0 atom stereocenters. The molecule has 0 aliphatic carbocycles. The number of hydrogen-bond acceptors (Lipinski definition) is 3. The Bertz CT molecular complexity index is 209. The number of thioether (sulfide) groups is 1. The number of amides is 1. The summed E-state index contributed by atoms with van der Waals surface area (Å²) >= 11 is 1.62. The van der Waals surface area contributed by atoms with E-state index in [1.165, 1.54) is 0 Å². The Labute approximate surface area is 95.0 Å². The topological polar surface area (TPSA) is 57.6 Å². The number of carboxylic acid groups (broad SMARTS) is 1. The van der Waals surface area contributed by atoms with Gasteiger partial charge in [0.25, 0.3) is 0 Å². The van der Waals surface area contributed by atoms with Crippen LogP contribution in [0.3, 0.4) is 0 Å². The van der Waals surface area contributed by atoms with Gasteiger partial charge < -0.3 is 10.0 Å². The fraction of sp³-hybridized carbons (Fsp3) is 0.800. The van der Waals surface area contributed by atoms with Gasteiger partial charge >= 0.3 is 5.97 Å². The summed E-state index contributed by atoms with van der Waals surface area (Å²) in [5, 5.41) is 8.43. The molecular weight excluding hydrogens is 214 g/mol. The minimum Gasteiger partial charge on any atom is -0.481 e. The molecule has 0 fully saturated rings. The molecular formula is C10H19NO3S. The van der Waals surface area contributed by atoms with Crippen LogP contribution in [-0.2, 0) is 9.59 Å². The summed E-state index contributed by atoms with van der Waals surface area (Å²) in [6.07, 6.45) is 1.72. The first kappa shape index (κ1) is 14.3. The first-order valence-electron chi connectivity index (χ1n) is 5.11. The number of rotatable bonds is 8. The SMILES string of the molecule is CCCSCC(=O)N(C)CCCC(=O)O. The van der Waals surface area contributed by atoms with Crippen LogP contribution in [-0.4, -0.2) is 47.0 Å². The van der Waals surface area contributed by atoms with Crippen LogP contribution in [0, 0.1) is 0 Å². The minimum atomic E-state index is -0.809. The lowest BCUT2D eigenvalue weighted by molar-refractivity contribution is -0.137. The second-order valence-electron chi connectivity index (χ2n) is 3.37. The molecule has 0 spiro atoms. The van der Waals surface area contributed by atoms with E-state index in [2.05, 4.69) is 6.92 Å². The summed E-state index contributed by atoms with van der Waals surface area (Å²) in [5.74, 6) is 0.765. The molecule has 0 saturated heterocycles. The Hall–Kier alpha value is -0.710. The molecule has 0 heterocycles. The highest BCUT2D eigenvalue weighted by Crippen LogP contribution is 2.04. The van der Waals surface area contributed by atoms with Gasteiger partial charge in [-0.25, -0.2) is 0 Å². The summed E-state index contributed by atoms with van der Waals surface area (Å²) < 4.78 is 0. The maximum Gasteiger partial charge on any atom is 0.303 e. The van der Waals surface area contributed by atoms with E-state index >= 15 is 0 Å². The van der Waals surface area contributed by atoms with Gasteiger partial charge in [-0.05, 0) is 18.6 Å². The minimum absolute atomic E-state index is 0.0823. The predicted octanol–water partition coefficient (Wildman–Crippen LogP) is 1.45. The molecule has 1 amide bonds. The first-order valence-corrected chi connectivity index (χ1v) is 6.27. The molecule has 1 N–H and O–H groups in total.